The topological polar surface area (TPSA) is 84.9 Å². The van der Waals surface area contributed by atoms with Crippen molar-refractivity contribution in [2.45, 2.75) is 50.9 Å². The summed E-state index contributed by atoms with van der Waals surface area (Å²) >= 11 is 0. The molecule has 1 amide bonds. The summed E-state index contributed by atoms with van der Waals surface area (Å²) in [5, 5.41) is 11.5. The number of carboxylic acid groups (broad SMARTS) is 1. The highest BCUT2D eigenvalue weighted by Gasteiger charge is 2.23. The van der Waals surface area contributed by atoms with Gasteiger partial charge in [-0.05, 0) is 31.2 Å². The number of hydrogen-bond donors (Lipinski definition) is 2. The van der Waals surface area contributed by atoms with Gasteiger partial charge in [0, 0.05) is 0 Å². The first-order valence-electron chi connectivity index (χ1n) is 7.97. The smallest absolute Gasteiger partial charge is 0.408 e. The third kappa shape index (κ3) is 6.28. The quantitative estimate of drug-likeness (QED) is 0.806. The van der Waals surface area contributed by atoms with Crippen LogP contribution in [0.25, 0.3) is 0 Å². The van der Waals surface area contributed by atoms with Crippen LogP contribution in [0.15, 0.2) is 30.3 Å². The van der Waals surface area contributed by atoms with E-state index in [1.54, 1.807) is 0 Å². The maximum absolute atomic E-state index is 11.8. The molecular weight excluding hydrogens is 298 g/mol. The monoisotopic (exact) mass is 321 g/mol. The van der Waals surface area contributed by atoms with E-state index in [-0.39, 0.29) is 12.7 Å². The highest BCUT2D eigenvalue weighted by atomic mass is 16.6. The largest absolute Gasteiger partial charge is 0.480 e. The molecule has 1 aromatic rings. The van der Waals surface area contributed by atoms with Crippen molar-refractivity contribution in [2.75, 3.05) is 6.61 Å². The second-order valence-corrected chi connectivity index (χ2v) is 5.70. The number of aliphatic carboxylic acids is 1. The number of rotatable bonds is 7. The number of amides is 1. The van der Waals surface area contributed by atoms with E-state index in [2.05, 4.69) is 5.32 Å². The van der Waals surface area contributed by atoms with E-state index in [9.17, 15) is 14.7 Å². The molecule has 2 N–H and O–H groups in total. The second kappa shape index (κ2) is 9.15. The van der Waals surface area contributed by atoms with Crippen LogP contribution in [0.4, 0.5) is 4.79 Å². The van der Waals surface area contributed by atoms with Gasteiger partial charge in [-0.15, -0.1) is 0 Å². The fourth-order valence-electron chi connectivity index (χ4n) is 2.55. The zero-order chi connectivity index (χ0) is 16.5. The molecule has 1 aliphatic rings. The van der Waals surface area contributed by atoms with E-state index in [0.717, 1.165) is 37.7 Å². The zero-order valence-corrected chi connectivity index (χ0v) is 13.1. The number of ether oxygens (including phenoxy) is 2. The Kier molecular flexibility index (Phi) is 6.87. The normalized spacial score (nSPS) is 16.5. The summed E-state index contributed by atoms with van der Waals surface area (Å²) in [7, 11) is 0. The van der Waals surface area contributed by atoms with Gasteiger partial charge in [0.25, 0.3) is 0 Å². The maximum Gasteiger partial charge on any atom is 0.408 e. The Morgan fingerprint density at radius 2 is 1.87 bits per heavy atom. The molecule has 0 saturated heterocycles. The van der Waals surface area contributed by atoms with Gasteiger partial charge in [0.1, 0.15) is 6.10 Å². The molecule has 0 aliphatic heterocycles. The van der Waals surface area contributed by atoms with E-state index in [1.165, 1.54) is 0 Å². The third-order valence-corrected chi connectivity index (χ3v) is 3.81. The fourth-order valence-corrected chi connectivity index (χ4v) is 2.55. The number of nitrogens with one attached hydrogen (secondary N) is 1. The molecule has 1 saturated carbocycles. The first-order valence-corrected chi connectivity index (χ1v) is 7.97. The van der Waals surface area contributed by atoms with Crippen molar-refractivity contribution in [1.82, 2.24) is 5.32 Å². The van der Waals surface area contributed by atoms with Gasteiger partial charge in [0.15, 0.2) is 6.04 Å². The van der Waals surface area contributed by atoms with Crippen molar-refractivity contribution in [3.05, 3.63) is 35.9 Å². The van der Waals surface area contributed by atoms with Gasteiger partial charge in [-0.3, -0.25) is 0 Å². The molecule has 23 heavy (non-hydrogen) atoms. The molecule has 6 heteroatoms. The number of carboxylic acids is 1. The van der Waals surface area contributed by atoms with Crippen LogP contribution in [0.2, 0.25) is 0 Å². The summed E-state index contributed by atoms with van der Waals surface area (Å²) in [6.45, 7) is 0.188. The number of alkyl carbamates (subject to hydrolysis) is 1. The summed E-state index contributed by atoms with van der Waals surface area (Å²) in [5.74, 6) is -1.14. The summed E-state index contributed by atoms with van der Waals surface area (Å²) in [4.78, 5) is 23.0. The Bertz CT molecular complexity index is 499. The van der Waals surface area contributed by atoms with Crippen LogP contribution in [-0.2, 0) is 20.9 Å². The van der Waals surface area contributed by atoms with Gasteiger partial charge >= 0.3 is 12.1 Å². The minimum atomic E-state index is -1.14. The Labute approximate surface area is 135 Å². The van der Waals surface area contributed by atoms with Crippen molar-refractivity contribution in [1.29, 1.82) is 0 Å². The van der Waals surface area contributed by atoms with Crippen molar-refractivity contribution in [3.63, 3.8) is 0 Å². The molecule has 0 heterocycles. The van der Waals surface area contributed by atoms with E-state index in [1.807, 2.05) is 30.3 Å². The molecular formula is C17H23NO5. The van der Waals surface area contributed by atoms with Crippen LogP contribution in [0.1, 0.15) is 37.7 Å². The predicted octanol–water partition coefficient (Wildman–Crippen LogP) is 2.72. The summed E-state index contributed by atoms with van der Waals surface area (Å²) in [6, 6.07) is 8.32. The Morgan fingerprint density at radius 3 is 2.52 bits per heavy atom. The molecule has 2 rings (SSSR count). The first kappa shape index (κ1) is 17.3. The molecule has 0 bridgehead atoms. The van der Waals surface area contributed by atoms with Crippen molar-refractivity contribution in [3.8, 4) is 0 Å². The number of hydrogen-bond acceptors (Lipinski definition) is 4. The van der Waals surface area contributed by atoms with E-state index >= 15 is 0 Å². The average molecular weight is 321 g/mol. The molecule has 0 spiro atoms. The van der Waals surface area contributed by atoms with Crippen molar-refractivity contribution in [2.24, 2.45) is 0 Å². The first-order chi connectivity index (χ1) is 11.1. The minimum Gasteiger partial charge on any atom is -0.480 e. The molecule has 1 aliphatic carbocycles. The van der Waals surface area contributed by atoms with E-state index in [0.29, 0.717) is 6.61 Å². The van der Waals surface area contributed by atoms with Crippen molar-refractivity contribution < 1.29 is 24.2 Å². The summed E-state index contributed by atoms with van der Waals surface area (Å²) < 4.78 is 10.7. The Hall–Kier alpha value is -2.08. The van der Waals surface area contributed by atoms with Gasteiger partial charge in [-0.1, -0.05) is 36.8 Å². The zero-order valence-electron chi connectivity index (χ0n) is 13.1. The molecule has 1 atom stereocenters. The predicted molar refractivity (Wildman–Crippen MR) is 84.0 cm³/mol. The second-order valence-electron chi connectivity index (χ2n) is 5.70. The minimum absolute atomic E-state index is 0.107. The summed E-state index contributed by atoms with van der Waals surface area (Å²) in [6.07, 6.45) is 4.13. The van der Waals surface area contributed by atoms with Gasteiger partial charge in [-0.2, -0.15) is 0 Å². The van der Waals surface area contributed by atoms with Gasteiger partial charge in [0.05, 0.1) is 13.2 Å². The van der Waals surface area contributed by atoms with E-state index in [4.69, 9.17) is 9.47 Å². The molecule has 126 valence electrons. The van der Waals surface area contributed by atoms with Crippen LogP contribution in [0.5, 0.6) is 0 Å². The number of carbonyl (C=O) groups is 2. The Balaban J connectivity index is 1.74. The van der Waals surface area contributed by atoms with Crippen LogP contribution >= 0.6 is 0 Å². The number of benzene rings is 1. The third-order valence-electron chi connectivity index (χ3n) is 3.81. The lowest BCUT2D eigenvalue weighted by molar-refractivity contribution is -0.141. The lowest BCUT2D eigenvalue weighted by Crippen LogP contribution is -2.45. The average Bonchev–Trinajstić information content (AvgIpc) is 2.55. The van der Waals surface area contributed by atoms with Crippen LogP contribution in [0.3, 0.4) is 0 Å². The van der Waals surface area contributed by atoms with Crippen molar-refractivity contribution >= 4 is 12.1 Å². The molecule has 0 aromatic heterocycles. The lowest BCUT2D eigenvalue weighted by Gasteiger charge is -2.23. The lowest BCUT2D eigenvalue weighted by atomic mass is 9.98. The molecule has 6 nitrogen and oxygen atoms in total. The SMILES string of the molecule is O=C(N[C@@H](COCc1ccccc1)C(=O)O)OC1CCCCC1. The molecule has 1 fully saturated rings. The van der Waals surface area contributed by atoms with Gasteiger partial charge in [-0.25, -0.2) is 9.59 Å². The van der Waals surface area contributed by atoms with Gasteiger partial charge in [0.2, 0.25) is 0 Å². The standard InChI is InChI=1S/C17H23NO5/c19-16(20)15(12-22-11-13-7-3-1-4-8-13)18-17(21)23-14-9-5-2-6-10-14/h1,3-4,7-8,14-15H,2,5-6,9-12H2,(H,18,21)(H,19,20)/t15-/m0/s1. The van der Waals surface area contributed by atoms with Crippen LogP contribution < -0.4 is 5.32 Å². The molecule has 0 radical (unpaired) electrons. The Morgan fingerprint density at radius 1 is 1.17 bits per heavy atom. The fraction of sp³-hybridized carbons (Fsp3) is 0.529. The molecule has 1 aromatic carbocycles. The van der Waals surface area contributed by atoms with Gasteiger partial charge < -0.3 is 19.9 Å². The summed E-state index contributed by atoms with van der Waals surface area (Å²) in [5.41, 5.74) is 0.946. The van der Waals surface area contributed by atoms with E-state index < -0.39 is 18.1 Å². The highest BCUT2D eigenvalue weighted by Crippen LogP contribution is 2.20. The van der Waals surface area contributed by atoms with Crippen LogP contribution in [0, 0.1) is 0 Å². The highest BCUT2D eigenvalue weighted by molar-refractivity contribution is 5.80. The maximum atomic E-state index is 11.8. The molecule has 0 unspecified atom stereocenters. The number of carbonyl (C=O) groups excluding carboxylic acids is 1. The van der Waals surface area contributed by atoms with Crippen LogP contribution in [-0.4, -0.2) is 35.9 Å².